The third-order valence-corrected chi connectivity index (χ3v) is 7.15. The van der Waals surface area contributed by atoms with Gasteiger partial charge in [0, 0.05) is 40.8 Å². The number of aliphatic imine (C=N–C) groups is 1. The zero-order valence-electron chi connectivity index (χ0n) is 16.8. The van der Waals surface area contributed by atoms with Crippen LogP contribution < -0.4 is 5.32 Å². The maximum atomic E-state index is 12.3. The SMILES string of the molecule is CCNC(=NCCS(=O)Cc1ccccc1)N(C)Cc1nc2c(s1)CCCC2. The van der Waals surface area contributed by atoms with E-state index in [0.717, 1.165) is 36.0 Å². The zero-order valence-corrected chi connectivity index (χ0v) is 18.5. The fraction of sp³-hybridized carbons (Fsp3) is 0.524. The lowest BCUT2D eigenvalue weighted by Gasteiger charge is -2.21. The highest BCUT2D eigenvalue weighted by Gasteiger charge is 2.17. The molecule has 1 aliphatic carbocycles. The molecule has 0 saturated heterocycles. The summed E-state index contributed by atoms with van der Waals surface area (Å²) < 4.78 is 12.3. The average molecular weight is 419 g/mol. The lowest BCUT2D eigenvalue weighted by molar-refractivity contribution is 0.475. The number of thiazole rings is 1. The monoisotopic (exact) mass is 418 g/mol. The molecule has 28 heavy (non-hydrogen) atoms. The minimum atomic E-state index is -0.902. The van der Waals surface area contributed by atoms with Gasteiger partial charge in [-0.3, -0.25) is 9.20 Å². The molecular formula is C21H30N4OS2. The molecule has 0 spiro atoms. The highest BCUT2D eigenvalue weighted by atomic mass is 32.2. The van der Waals surface area contributed by atoms with Crippen molar-refractivity contribution in [1.29, 1.82) is 0 Å². The third kappa shape index (κ3) is 6.14. The minimum Gasteiger partial charge on any atom is -0.357 e. The first-order valence-corrected chi connectivity index (χ1v) is 12.3. The molecule has 2 aromatic rings. The maximum Gasteiger partial charge on any atom is 0.194 e. The van der Waals surface area contributed by atoms with Gasteiger partial charge in [-0.05, 0) is 38.2 Å². The molecule has 0 saturated carbocycles. The molecule has 1 aromatic carbocycles. The molecule has 1 aliphatic rings. The van der Waals surface area contributed by atoms with Crippen LogP contribution in [-0.4, -0.2) is 45.9 Å². The summed E-state index contributed by atoms with van der Waals surface area (Å²) in [5.41, 5.74) is 2.42. The molecule has 7 heteroatoms. The van der Waals surface area contributed by atoms with Gasteiger partial charge < -0.3 is 10.2 Å². The number of nitrogens with zero attached hydrogens (tertiary/aromatic N) is 3. The second kappa shape index (κ2) is 10.7. The number of hydrogen-bond acceptors (Lipinski definition) is 4. The standard InChI is InChI=1S/C21H30N4OS2/c1-3-22-21(23-13-14-28(26)16-17-9-5-4-6-10-17)25(2)15-20-24-18-11-7-8-12-19(18)27-20/h4-6,9-10H,3,7-8,11-16H2,1-2H3,(H,22,23). The van der Waals surface area contributed by atoms with Crippen molar-refractivity contribution < 1.29 is 4.21 Å². The Morgan fingerprint density at radius 2 is 2.07 bits per heavy atom. The van der Waals surface area contributed by atoms with E-state index in [1.54, 1.807) is 0 Å². The Hall–Kier alpha value is -1.73. The summed E-state index contributed by atoms with van der Waals surface area (Å²) in [6.45, 7) is 4.20. The summed E-state index contributed by atoms with van der Waals surface area (Å²) in [6, 6.07) is 9.99. The number of guanidine groups is 1. The largest absolute Gasteiger partial charge is 0.357 e. The van der Waals surface area contributed by atoms with Crippen molar-refractivity contribution in [3.8, 4) is 0 Å². The van der Waals surface area contributed by atoms with Crippen LogP contribution in [0.3, 0.4) is 0 Å². The molecular weight excluding hydrogens is 388 g/mol. The van der Waals surface area contributed by atoms with E-state index in [4.69, 9.17) is 4.98 Å². The van der Waals surface area contributed by atoms with Crippen LogP contribution >= 0.6 is 11.3 Å². The first-order valence-electron chi connectivity index (χ1n) is 10.0. The Morgan fingerprint density at radius 3 is 2.82 bits per heavy atom. The number of aromatic nitrogens is 1. The highest BCUT2D eigenvalue weighted by molar-refractivity contribution is 7.84. The second-order valence-electron chi connectivity index (χ2n) is 7.05. The van der Waals surface area contributed by atoms with Crippen molar-refractivity contribution in [1.82, 2.24) is 15.2 Å². The number of fused-ring (bicyclic) bond motifs is 1. The molecule has 1 unspecified atom stereocenters. The Morgan fingerprint density at radius 1 is 1.29 bits per heavy atom. The van der Waals surface area contributed by atoms with Crippen molar-refractivity contribution >= 4 is 28.1 Å². The molecule has 0 amide bonds. The second-order valence-corrected chi connectivity index (χ2v) is 9.79. The molecule has 1 atom stereocenters. The Kier molecular flexibility index (Phi) is 8.03. The van der Waals surface area contributed by atoms with Gasteiger partial charge in [0.15, 0.2) is 5.96 Å². The van der Waals surface area contributed by atoms with Gasteiger partial charge >= 0.3 is 0 Å². The van der Waals surface area contributed by atoms with Gasteiger partial charge in [0.05, 0.1) is 18.8 Å². The zero-order chi connectivity index (χ0) is 19.8. The van der Waals surface area contributed by atoms with Crippen LogP contribution in [0.25, 0.3) is 0 Å². The van der Waals surface area contributed by atoms with Gasteiger partial charge in [-0.1, -0.05) is 30.3 Å². The van der Waals surface area contributed by atoms with Crippen LogP contribution in [0.2, 0.25) is 0 Å². The molecule has 0 bridgehead atoms. The molecule has 3 rings (SSSR count). The Labute approximate surface area is 174 Å². The summed E-state index contributed by atoms with van der Waals surface area (Å²) in [4.78, 5) is 13.1. The van der Waals surface area contributed by atoms with Crippen LogP contribution in [0.5, 0.6) is 0 Å². The smallest absolute Gasteiger partial charge is 0.194 e. The predicted molar refractivity (Wildman–Crippen MR) is 119 cm³/mol. The molecule has 1 N–H and O–H groups in total. The average Bonchev–Trinajstić information content (AvgIpc) is 3.10. The highest BCUT2D eigenvalue weighted by Crippen LogP contribution is 2.27. The van der Waals surface area contributed by atoms with Crippen molar-refractivity contribution in [2.45, 2.75) is 44.9 Å². The lowest BCUT2D eigenvalue weighted by Crippen LogP contribution is -2.38. The van der Waals surface area contributed by atoms with E-state index in [9.17, 15) is 4.21 Å². The van der Waals surface area contributed by atoms with Crippen LogP contribution in [0.4, 0.5) is 0 Å². The quantitative estimate of drug-likeness (QED) is 0.527. The number of hydrogen-bond donors (Lipinski definition) is 1. The van der Waals surface area contributed by atoms with Gasteiger partial charge in [-0.15, -0.1) is 11.3 Å². The van der Waals surface area contributed by atoms with Crippen molar-refractivity contribution in [2.24, 2.45) is 4.99 Å². The van der Waals surface area contributed by atoms with Crippen LogP contribution in [0.1, 0.15) is 40.9 Å². The van der Waals surface area contributed by atoms with Crippen molar-refractivity contribution in [2.75, 3.05) is 25.9 Å². The summed E-state index contributed by atoms with van der Waals surface area (Å²) >= 11 is 1.84. The van der Waals surface area contributed by atoms with E-state index in [1.165, 1.54) is 29.8 Å². The fourth-order valence-corrected chi connectivity index (χ4v) is 5.52. The summed E-state index contributed by atoms with van der Waals surface area (Å²) in [5, 5.41) is 4.50. The van der Waals surface area contributed by atoms with Gasteiger partial charge in [-0.2, -0.15) is 0 Å². The molecule has 1 heterocycles. The number of nitrogens with one attached hydrogen (secondary N) is 1. The summed E-state index contributed by atoms with van der Waals surface area (Å²) in [7, 11) is 1.14. The third-order valence-electron chi connectivity index (χ3n) is 4.71. The van der Waals surface area contributed by atoms with E-state index in [2.05, 4.69) is 22.1 Å². The number of benzene rings is 1. The van der Waals surface area contributed by atoms with Crippen molar-refractivity contribution in [3.63, 3.8) is 0 Å². The number of rotatable bonds is 8. The van der Waals surface area contributed by atoms with E-state index in [1.807, 2.05) is 48.7 Å². The van der Waals surface area contributed by atoms with E-state index in [0.29, 0.717) is 18.1 Å². The Bertz CT molecular complexity index is 780. The molecule has 5 nitrogen and oxygen atoms in total. The topological polar surface area (TPSA) is 57.6 Å². The molecule has 152 valence electrons. The molecule has 0 fully saturated rings. The first kappa shape index (κ1) is 21.0. The van der Waals surface area contributed by atoms with Crippen molar-refractivity contribution in [3.05, 3.63) is 51.5 Å². The first-order chi connectivity index (χ1) is 13.7. The van der Waals surface area contributed by atoms with E-state index < -0.39 is 10.8 Å². The fourth-order valence-electron chi connectivity index (χ4n) is 3.31. The molecule has 1 aromatic heterocycles. The van der Waals surface area contributed by atoms with Crippen LogP contribution in [0, 0.1) is 0 Å². The van der Waals surface area contributed by atoms with Crippen LogP contribution in [-0.2, 0) is 35.9 Å². The van der Waals surface area contributed by atoms with Gasteiger partial charge in [0.2, 0.25) is 0 Å². The molecule has 0 radical (unpaired) electrons. The normalized spacial score (nSPS) is 15.1. The van der Waals surface area contributed by atoms with Gasteiger partial charge in [0.1, 0.15) is 5.01 Å². The molecule has 0 aliphatic heterocycles. The number of aryl methyl sites for hydroxylation is 2. The van der Waals surface area contributed by atoms with Crippen LogP contribution in [0.15, 0.2) is 35.3 Å². The maximum absolute atomic E-state index is 12.3. The summed E-state index contributed by atoms with van der Waals surface area (Å²) in [6.07, 6.45) is 4.85. The summed E-state index contributed by atoms with van der Waals surface area (Å²) in [5.74, 6) is 2.02. The van der Waals surface area contributed by atoms with E-state index >= 15 is 0 Å². The van der Waals surface area contributed by atoms with Gasteiger partial charge in [-0.25, -0.2) is 4.98 Å². The minimum absolute atomic E-state index is 0.556. The van der Waals surface area contributed by atoms with Gasteiger partial charge in [0.25, 0.3) is 0 Å². The predicted octanol–water partition coefficient (Wildman–Crippen LogP) is 3.37. The lowest BCUT2D eigenvalue weighted by atomic mass is 10.0. The van der Waals surface area contributed by atoms with E-state index in [-0.39, 0.29) is 0 Å². The Balaban J connectivity index is 1.53.